The molecule has 23 heavy (non-hydrogen) atoms. The van der Waals surface area contributed by atoms with Gasteiger partial charge in [0.15, 0.2) is 5.13 Å². The quantitative estimate of drug-likeness (QED) is 0.711. The summed E-state index contributed by atoms with van der Waals surface area (Å²) in [6.45, 7) is 1.46. The van der Waals surface area contributed by atoms with E-state index in [1.807, 2.05) is 11.4 Å². The van der Waals surface area contributed by atoms with Crippen molar-refractivity contribution in [1.29, 1.82) is 0 Å². The number of hydrogen-bond acceptors (Lipinski definition) is 6. The molecule has 0 aliphatic rings. The van der Waals surface area contributed by atoms with E-state index in [0.717, 1.165) is 15.9 Å². The van der Waals surface area contributed by atoms with Crippen LogP contribution in [0.3, 0.4) is 0 Å². The van der Waals surface area contributed by atoms with Crippen LogP contribution in [0.15, 0.2) is 35.2 Å². The minimum Gasteiger partial charge on any atom is -0.326 e. The van der Waals surface area contributed by atoms with Gasteiger partial charge in [0.2, 0.25) is 11.8 Å². The molecule has 0 radical (unpaired) electrons. The first-order chi connectivity index (χ1) is 11.1. The Kier molecular flexibility index (Phi) is 4.45. The lowest BCUT2D eigenvalue weighted by molar-refractivity contribution is -0.114. The smallest absolute Gasteiger partial charge is 0.250 e. The van der Waals surface area contributed by atoms with Crippen molar-refractivity contribution in [1.82, 2.24) is 9.97 Å². The number of nitrogens with zero attached hydrogens (tertiary/aromatic N) is 2. The van der Waals surface area contributed by atoms with Gasteiger partial charge in [-0.25, -0.2) is 9.97 Å². The first kappa shape index (κ1) is 15.3. The third kappa shape index (κ3) is 3.99. The molecule has 0 unspecified atom stereocenters. The lowest BCUT2D eigenvalue weighted by Gasteiger charge is -1.99. The fourth-order valence-corrected chi connectivity index (χ4v) is 3.30. The summed E-state index contributed by atoms with van der Waals surface area (Å²) < 4.78 is 0.884. The molecule has 2 N–H and O–H groups in total. The van der Waals surface area contributed by atoms with Crippen LogP contribution in [-0.2, 0) is 9.59 Å². The zero-order chi connectivity index (χ0) is 16.2. The molecule has 0 saturated carbocycles. The molecule has 0 atom stereocenters. The Hall–Kier alpha value is -2.58. The standard InChI is InChI=1S/C15H12N4O2S2/c1-9(20)17-10-2-4-12-13(6-10)23-15(18-12)19-14(21)5-3-11-7-22-8-16-11/h2-8H,1H3,(H,17,20)(H,18,19,21)/b5-3+. The van der Waals surface area contributed by atoms with Gasteiger partial charge in [-0.3, -0.25) is 14.9 Å². The fourth-order valence-electron chi connectivity index (χ4n) is 1.87. The predicted octanol–water partition coefficient (Wildman–Crippen LogP) is 3.36. The second-order valence-corrected chi connectivity index (χ2v) is 6.37. The van der Waals surface area contributed by atoms with E-state index in [0.29, 0.717) is 10.8 Å². The topological polar surface area (TPSA) is 84.0 Å². The number of carbonyl (C=O) groups is 2. The van der Waals surface area contributed by atoms with Crippen molar-refractivity contribution in [2.75, 3.05) is 10.6 Å². The fraction of sp³-hybridized carbons (Fsp3) is 0.0667. The highest BCUT2D eigenvalue weighted by atomic mass is 32.1. The zero-order valence-corrected chi connectivity index (χ0v) is 13.7. The third-order valence-corrected chi connectivity index (χ3v) is 4.33. The number of benzene rings is 1. The maximum atomic E-state index is 11.9. The Labute approximate surface area is 139 Å². The molecule has 6 nitrogen and oxygen atoms in total. The van der Waals surface area contributed by atoms with Gasteiger partial charge in [0.05, 0.1) is 21.4 Å². The minimum atomic E-state index is -0.265. The molecule has 116 valence electrons. The van der Waals surface area contributed by atoms with Crippen LogP contribution in [0, 0.1) is 0 Å². The summed E-state index contributed by atoms with van der Waals surface area (Å²) in [5.74, 6) is -0.395. The SMILES string of the molecule is CC(=O)Nc1ccc2nc(NC(=O)/C=C/c3cscn3)sc2c1. The van der Waals surface area contributed by atoms with Gasteiger partial charge in [0.1, 0.15) is 0 Å². The highest BCUT2D eigenvalue weighted by Gasteiger charge is 2.07. The van der Waals surface area contributed by atoms with Crippen LogP contribution in [0.2, 0.25) is 0 Å². The number of hydrogen-bond donors (Lipinski definition) is 2. The summed E-state index contributed by atoms with van der Waals surface area (Å²) >= 11 is 2.82. The normalized spacial score (nSPS) is 11.0. The molecule has 3 rings (SSSR count). The van der Waals surface area contributed by atoms with Crippen LogP contribution in [0.4, 0.5) is 10.8 Å². The molecule has 2 heterocycles. The predicted molar refractivity (Wildman–Crippen MR) is 93.7 cm³/mol. The van der Waals surface area contributed by atoms with Gasteiger partial charge in [0.25, 0.3) is 0 Å². The van der Waals surface area contributed by atoms with Crippen molar-refractivity contribution in [2.45, 2.75) is 6.92 Å². The lowest BCUT2D eigenvalue weighted by Crippen LogP contribution is -2.07. The van der Waals surface area contributed by atoms with Gasteiger partial charge in [-0.15, -0.1) is 11.3 Å². The molecular formula is C15H12N4O2S2. The van der Waals surface area contributed by atoms with Crippen molar-refractivity contribution in [3.63, 3.8) is 0 Å². The molecule has 0 aliphatic heterocycles. The van der Waals surface area contributed by atoms with E-state index in [2.05, 4.69) is 20.6 Å². The first-order valence-electron chi connectivity index (χ1n) is 6.65. The number of anilines is 2. The average molecular weight is 344 g/mol. The Morgan fingerprint density at radius 1 is 1.26 bits per heavy atom. The summed E-state index contributed by atoms with van der Waals surface area (Å²) in [6, 6.07) is 5.41. The van der Waals surface area contributed by atoms with E-state index in [-0.39, 0.29) is 11.8 Å². The van der Waals surface area contributed by atoms with Crippen molar-refractivity contribution in [3.05, 3.63) is 40.9 Å². The molecule has 3 aromatic rings. The molecule has 2 aromatic heterocycles. The van der Waals surface area contributed by atoms with Crippen molar-refractivity contribution < 1.29 is 9.59 Å². The second kappa shape index (κ2) is 6.67. The van der Waals surface area contributed by atoms with Crippen LogP contribution >= 0.6 is 22.7 Å². The van der Waals surface area contributed by atoms with Crippen LogP contribution in [-0.4, -0.2) is 21.8 Å². The summed E-state index contributed by atoms with van der Waals surface area (Å²) in [7, 11) is 0. The second-order valence-electron chi connectivity index (χ2n) is 4.62. The van der Waals surface area contributed by atoms with E-state index < -0.39 is 0 Å². The molecule has 0 spiro atoms. The van der Waals surface area contributed by atoms with Gasteiger partial charge in [-0.05, 0) is 24.3 Å². The lowest BCUT2D eigenvalue weighted by atomic mass is 10.3. The van der Waals surface area contributed by atoms with Crippen molar-refractivity contribution >= 4 is 61.6 Å². The van der Waals surface area contributed by atoms with Gasteiger partial charge in [-0.1, -0.05) is 11.3 Å². The third-order valence-electron chi connectivity index (χ3n) is 2.80. The first-order valence-corrected chi connectivity index (χ1v) is 8.41. The number of amides is 2. The Bertz CT molecular complexity index is 884. The van der Waals surface area contributed by atoms with Gasteiger partial charge in [0, 0.05) is 24.1 Å². The Balaban J connectivity index is 1.72. The number of aromatic nitrogens is 2. The minimum absolute atomic E-state index is 0.130. The molecule has 0 saturated heterocycles. The van der Waals surface area contributed by atoms with Crippen LogP contribution in [0.25, 0.3) is 16.3 Å². The van der Waals surface area contributed by atoms with Crippen molar-refractivity contribution in [2.24, 2.45) is 0 Å². The summed E-state index contributed by atoms with van der Waals surface area (Å²) in [5.41, 5.74) is 3.92. The van der Waals surface area contributed by atoms with Crippen molar-refractivity contribution in [3.8, 4) is 0 Å². The van der Waals surface area contributed by atoms with Gasteiger partial charge in [-0.2, -0.15) is 0 Å². The number of thiazole rings is 2. The summed E-state index contributed by atoms with van der Waals surface area (Å²) in [4.78, 5) is 31.4. The summed E-state index contributed by atoms with van der Waals surface area (Å²) in [6.07, 6.45) is 3.07. The molecule has 0 bridgehead atoms. The van der Waals surface area contributed by atoms with E-state index in [1.165, 1.54) is 35.7 Å². The number of fused-ring (bicyclic) bond motifs is 1. The van der Waals surface area contributed by atoms with E-state index in [9.17, 15) is 9.59 Å². The maximum Gasteiger partial charge on any atom is 0.250 e. The average Bonchev–Trinajstić information content (AvgIpc) is 3.12. The zero-order valence-electron chi connectivity index (χ0n) is 12.1. The Morgan fingerprint density at radius 2 is 2.13 bits per heavy atom. The molecule has 0 aliphatic carbocycles. The Morgan fingerprint density at radius 3 is 2.87 bits per heavy atom. The van der Waals surface area contributed by atoms with Gasteiger partial charge < -0.3 is 5.32 Å². The summed E-state index contributed by atoms with van der Waals surface area (Å²) in [5, 5.41) is 7.80. The van der Waals surface area contributed by atoms with Crippen LogP contribution < -0.4 is 10.6 Å². The molecule has 0 fully saturated rings. The van der Waals surface area contributed by atoms with Crippen LogP contribution in [0.1, 0.15) is 12.6 Å². The molecule has 1 aromatic carbocycles. The highest BCUT2D eigenvalue weighted by molar-refractivity contribution is 7.22. The van der Waals surface area contributed by atoms with E-state index in [4.69, 9.17) is 0 Å². The maximum absolute atomic E-state index is 11.9. The highest BCUT2D eigenvalue weighted by Crippen LogP contribution is 2.28. The van der Waals surface area contributed by atoms with E-state index in [1.54, 1.807) is 23.7 Å². The molecule has 8 heteroatoms. The number of rotatable bonds is 4. The largest absolute Gasteiger partial charge is 0.326 e. The van der Waals surface area contributed by atoms with Gasteiger partial charge >= 0.3 is 0 Å². The number of carbonyl (C=O) groups excluding carboxylic acids is 2. The monoisotopic (exact) mass is 344 g/mol. The molecular weight excluding hydrogens is 332 g/mol. The number of nitrogens with one attached hydrogen (secondary N) is 2. The molecule has 2 amide bonds. The van der Waals surface area contributed by atoms with E-state index >= 15 is 0 Å². The van der Waals surface area contributed by atoms with Crippen LogP contribution in [0.5, 0.6) is 0 Å².